The van der Waals surface area contributed by atoms with Crippen LogP contribution in [0.1, 0.15) is 0 Å². The maximum absolute atomic E-state index is 4.47. The van der Waals surface area contributed by atoms with Crippen molar-refractivity contribution >= 4 is 10.8 Å². The molecule has 0 bridgehead atoms. The van der Waals surface area contributed by atoms with Crippen molar-refractivity contribution in [1.82, 2.24) is 4.98 Å². The molecular formula is C16H11N3. The predicted octanol–water partition coefficient (Wildman–Crippen LogP) is 2.11. The van der Waals surface area contributed by atoms with Crippen LogP contribution in [0.3, 0.4) is 0 Å². The predicted molar refractivity (Wildman–Crippen MR) is 74.4 cm³/mol. The molecule has 4 rings (SSSR count). The molecule has 0 atom stereocenters. The fourth-order valence-electron chi connectivity index (χ4n) is 2.46. The number of rotatable bonds is 1. The van der Waals surface area contributed by atoms with Gasteiger partial charge in [-0.3, -0.25) is 15.0 Å². The molecule has 3 nitrogen and oxygen atoms in total. The van der Waals surface area contributed by atoms with Crippen molar-refractivity contribution in [2.75, 3.05) is 6.67 Å². The Kier molecular flexibility index (Phi) is 2.18. The van der Waals surface area contributed by atoms with Gasteiger partial charge in [0.05, 0.1) is 11.1 Å². The van der Waals surface area contributed by atoms with Crippen molar-refractivity contribution in [1.29, 1.82) is 0 Å². The third kappa shape index (κ3) is 1.63. The highest BCUT2D eigenvalue weighted by Crippen LogP contribution is 2.20. The van der Waals surface area contributed by atoms with Crippen LogP contribution < -0.4 is 10.7 Å². The molecule has 0 saturated carbocycles. The van der Waals surface area contributed by atoms with Crippen molar-refractivity contribution < 1.29 is 0 Å². The Hall–Kier alpha value is -2.55. The smallest absolute Gasteiger partial charge is 0.131 e. The van der Waals surface area contributed by atoms with Crippen molar-refractivity contribution in [3.63, 3.8) is 0 Å². The van der Waals surface area contributed by atoms with E-state index in [4.69, 9.17) is 0 Å². The molecule has 0 aliphatic carbocycles. The summed E-state index contributed by atoms with van der Waals surface area (Å²) in [6.45, 7) is 0.515. The van der Waals surface area contributed by atoms with E-state index in [-0.39, 0.29) is 0 Å². The third-order valence-corrected chi connectivity index (χ3v) is 3.40. The molecule has 2 heterocycles. The minimum absolute atomic E-state index is 0.515. The van der Waals surface area contributed by atoms with Gasteiger partial charge in [0.1, 0.15) is 12.0 Å². The largest absolute Gasteiger partial charge is 0.260 e. The summed E-state index contributed by atoms with van der Waals surface area (Å²) in [4.78, 5) is 13.2. The zero-order valence-electron chi connectivity index (χ0n) is 10.2. The minimum Gasteiger partial charge on any atom is -0.260 e. The van der Waals surface area contributed by atoms with Crippen molar-refractivity contribution in [2.45, 2.75) is 0 Å². The van der Waals surface area contributed by atoms with E-state index in [0.717, 1.165) is 22.0 Å². The number of hydrogen-bond donors (Lipinski definition) is 0. The number of hydrogen-bond acceptors (Lipinski definition) is 3. The van der Waals surface area contributed by atoms with Crippen LogP contribution >= 0.6 is 0 Å². The van der Waals surface area contributed by atoms with Gasteiger partial charge in [-0.25, -0.2) is 0 Å². The van der Waals surface area contributed by atoms with E-state index in [1.807, 2.05) is 6.07 Å². The molecule has 2 aromatic carbocycles. The molecule has 0 fully saturated rings. The summed E-state index contributed by atoms with van der Waals surface area (Å²) in [5, 5.41) is 4.31. The van der Waals surface area contributed by atoms with Crippen LogP contribution in [-0.2, 0) is 0 Å². The van der Waals surface area contributed by atoms with Crippen molar-refractivity contribution in [3.8, 4) is 11.3 Å². The highest BCUT2D eigenvalue weighted by molar-refractivity contribution is 5.86. The second-order valence-corrected chi connectivity index (χ2v) is 4.55. The fourth-order valence-corrected chi connectivity index (χ4v) is 2.46. The standard InChI is InChI=1S/C16H11N3/c1-2-4-12-9-13(6-5-11(12)3-1)15-16-14(7-8-17-15)18-10-19-16/h1-9H,10H2. The summed E-state index contributed by atoms with van der Waals surface area (Å²) in [6, 6.07) is 16.6. The quantitative estimate of drug-likeness (QED) is 0.647. The maximum atomic E-state index is 4.47. The first-order valence-corrected chi connectivity index (χ1v) is 6.25. The van der Waals surface area contributed by atoms with E-state index in [0.29, 0.717) is 6.67 Å². The van der Waals surface area contributed by atoms with Gasteiger partial charge in [0.25, 0.3) is 0 Å². The monoisotopic (exact) mass is 245 g/mol. The van der Waals surface area contributed by atoms with Gasteiger partial charge in [0.15, 0.2) is 0 Å². The highest BCUT2D eigenvalue weighted by Gasteiger charge is 2.07. The van der Waals surface area contributed by atoms with Crippen LogP contribution in [0, 0.1) is 0 Å². The summed E-state index contributed by atoms with van der Waals surface area (Å²) >= 11 is 0. The first kappa shape index (κ1) is 10.4. The molecule has 0 amide bonds. The molecule has 3 aromatic rings. The lowest BCUT2D eigenvalue weighted by molar-refractivity contribution is 1.06. The molecule has 19 heavy (non-hydrogen) atoms. The summed E-state index contributed by atoms with van der Waals surface area (Å²) in [5.41, 5.74) is 2.01. The molecule has 0 saturated heterocycles. The molecule has 0 N–H and O–H groups in total. The second-order valence-electron chi connectivity index (χ2n) is 4.55. The topological polar surface area (TPSA) is 37.6 Å². The summed E-state index contributed by atoms with van der Waals surface area (Å²) in [6.07, 6.45) is 1.80. The Morgan fingerprint density at radius 1 is 0.842 bits per heavy atom. The van der Waals surface area contributed by atoms with Gasteiger partial charge in [-0.2, -0.15) is 0 Å². The normalized spacial score (nSPS) is 12.8. The van der Waals surface area contributed by atoms with E-state index >= 15 is 0 Å². The molecule has 1 aromatic heterocycles. The number of benzene rings is 2. The molecule has 1 aliphatic rings. The average molecular weight is 245 g/mol. The van der Waals surface area contributed by atoms with Crippen LogP contribution in [0.5, 0.6) is 0 Å². The summed E-state index contributed by atoms with van der Waals surface area (Å²) in [5.74, 6) is 0. The Labute approximate surface area is 110 Å². The molecular weight excluding hydrogens is 234 g/mol. The van der Waals surface area contributed by atoms with Crippen LogP contribution in [0.25, 0.3) is 22.0 Å². The first-order chi connectivity index (χ1) is 9.42. The molecule has 0 unspecified atom stereocenters. The number of nitrogens with zero attached hydrogens (tertiary/aromatic N) is 3. The molecule has 0 radical (unpaired) electrons. The average Bonchev–Trinajstić information content (AvgIpc) is 2.95. The lowest BCUT2D eigenvalue weighted by Gasteiger charge is -2.03. The van der Waals surface area contributed by atoms with Gasteiger partial charge in [-0.05, 0) is 22.9 Å². The van der Waals surface area contributed by atoms with Crippen molar-refractivity contribution in [2.24, 2.45) is 9.98 Å². The van der Waals surface area contributed by atoms with Gasteiger partial charge in [0.2, 0.25) is 0 Å². The van der Waals surface area contributed by atoms with E-state index in [2.05, 4.69) is 57.4 Å². The molecule has 1 aliphatic heterocycles. The third-order valence-electron chi connectivity index (χ3n) is 3.40. The number of fused-ring (bicyclic) bond motifs is 2. The zero-order valence-corrected chi connectivity index (χ0v) is 10.2. The second kappa shape index (κ2) is 3.99. The number of aromatic nitrogens is 1. The molecule has 0 spiro atoms. The zero-order chi connectivity index (χ0) is 12.7. The minimum atomic E-state index is 0.515. The fraction of sp³-hybridized carbons (Fsp3) is 0.0625. The Balaban J connectivity index is 2.02. The van der Waals surface area contributed by atoms with Crippen LogP contribution in [0.4, 0.5) is 0 Å². The first-order valence-electron chi connectivity index (χ1n) is 6.25. The van der Waals surface area contributed by atoms with Crippen LogP contribution in [0.15, 0.2) is 64.7 Å². The lowest BCUT2D eigenvalue weighted by atomic mass is 10.0. The summed E-state index contributed by atoms with van der Waals surface area (Å²) in [7, 11) is 0. The van der Waals surface area contributed by atoms with E-state index in [9.17, 15) is 0 Å². The SMILES string of the molecule is c1ccc2cc(-c3nccc4c3=NCN=4)ccc2c1. The molecule has 3 heteroatoms. The highest BCUT2D eigenvalue weighted by atomic mass is 15.0. The van der Waals surface area contributed by atoms with Gasteiger partial charge in [-0.1, -0.05) is 36.4 Å². The van der Waals surface area contributed by atoms with E-state index < -0.39 is 0 Å². The Morgan fingerprint density at radius 3 is 2.68 bits per heavy atom. The van der Waals surface area contributed by atoms with Gasteiger partial charge in [0, 0.05) is 11.8 Å². The Bertz CT molecular complexity index is 897. The lowest BCUT2D eigenvalue weighted by Crippen LogP contribution is -2.24. The number of pyridine rings is 1. The van der Waals surface area contributed by atoms with Crippen LogP contribution in [-0.4, -0.2) is 11.7 Å². The van der Waals surface area contributed by atoms with E-state index in [1.165, 1.54) is 10.8 Å². The maximum Gasteiger partial charge on any atom is 0.131 e. The Morgan fingerprint density at radius 2 is 1.74 bits per heavy atom. The van der Waals surface area contributed by atoms with Gasteiger partial charge >= 0.3 is 0 Å². The molecule has 90 valence electrons. The summed E-state index contributed by atoms with van der Waals surface area (Å²) < 4.78 is 0. The van der Waals surface area contributed by atoms with E-state index in [1.54, 1.807) is 6.20 Å². The van der Waals surface area contributed by atoms with Gasteiger partial charge in [-0.15, -0.1) is 0 Å². The van der Waals surface area contributed by atoms with Crippen LogP contribution in [0.2, 0.25) is 0 Å². The van der Waals surface area contributed by atoms with Gasteiger partial charge < -0.3 is 0 Å². The van der Waals surface area contributed by atoms with Crippen molar-refractivity contribution in [3.05, 3.63) is 65.4 Å².